The monoisotopic (exact) mass is 429 g/mol. The molecule has 1 saturated carbocycles. The first kappa shape index (κ1) is 20.6. The van der Waals surface area contributed by atoms with Crippen molar-refractivity contribution in [2.24, 2.45) is 20.0 Å². The van der Waals surface area contributed by atoms with Crippen LogP contribution in [-0.2, 0) is 25.4 Å². The first-order chi connectivity index (χ1) is 14.5. The van der Waals surface area contributed by atoms with Crippen LogP contribution in [0.4, 0.5) is 0 Å². The molecule has 0 saturated heterocycles. The molecular formula is C21H27N5O3S. The van der Waals surface area contributed by atoms with Crippen LogP contribution in [0.3, 0.4) is 0 Å². The SMILES string of the molecule is Cn1c(=O)c2c(ncn2CCCC(=O)N[C@H](c2cccs2)C2CCCC2)n(C)c1=O. The van der Waals surface area contributed by atoms with Crippen LogP contribution in [0.1, 0.15) is 49.4 Å². The molecule has 160 valence electrons. The number of nitrogens with one attached hydrogen (secondary N) is 1. The van der Waals surface area contributed by atoms with E-state index in [4.69, 9.17) is 0 Å². The molecule has 1 atom stereocenters. The molecule has 1 N–H and O–H groups in total. The molecule has 3 heterocycles. The highest BCUT2D eigenvalue weighted by molar-refractivity contribution is 7.10. The molecule has 0 unspecified atom stereocenters. The third kappa shape index (κ3) is 3.86. The zero-order valence-electron chi connectivity index (χ0n) is 17.3. The fourth-order valence-corrected chi connectivity index (χ4v) is 5.27. The van der Waals surface area contributed by atoms with Crippen LogP contribution in [0, 0.1) is 5.92 Å². The number of carbonyl (C=O) groups is 1. The summed E-state index contributed by atoms with van der Waals surface area (Å²) in [5.74, 6) is 0.541. The molecule has 1 fully saturated rings. The van der Waals surface area contributed by atoms with Crippen molar-refractivity contribution in [1.82, 2.24) is 24.0 Å². The van der Waals surface area contributed by atoms with E-state index in [0.29, 0.717) is 36.5 Å². The van der Waals surface area contributed by atoms with Crippen LogP contribution in [0.2, 0.25) is 0 Å². The highest BCUT2D eigenvalue weighted by Crippen LogP contribution is 2.37. The Morgan fingerprint density at radius 1 is 1.27 bits per heavy atom. The summed E-state index contributed by atoms with van der Waals surface area (Å²) in [5.41, 5.74) is -0.00771. The molecule has 0 aliphatic heterocycles. The molecule has 0 aromatic carbocycles. The van der Waals surface area contributed by atoms with Crippen LogP contribution in [0.25, 0.3) is 11.2 Å². The van der Waals surface area contributed by atoms with Gasteiger partial charge in [0.1, 0.15) is 0 Å². The molecule has 0 radical (unpaired) electrons. The zero-order valence-corrected chi connectivity index (χ0v) is 18.2. The topological polar surface area (TPSA) is 90.9 Å². The Kier molecular flexibility index (Phi) is 5.90. The summed E-state index contributed by atoms with van der Waals surface area (Å²) >= 11 is 1.70. The van der Waals surface area contributed by atoms with Gasteiger partial charge in [0.25, 0.3) is 5.56 Å². The number of aryl methyl sites for hydroxylation is 2. The average molecular weight is 430 g/mol. The molecule has 1 aliphatic carbocycles. The molecular weight excluding hydrogens is 402 g/mol. The lowest BCUT2D eigenvalue weighted by atomic mass is 9.96. The maximum absolute atomic E-state index is 12.7. The predicted molar refractivity (Wildman–Crippen MR) is 117 cm³/mol. The third-order valence-corrected chi connectivity index (χ3v) is 7.01. The normalized spacial score (nSPS) is 15.7. The minimum absolute atomic E-state index is 0.0324. The van der Waals surface area contributed by atoms with Gasteiger partial charge < -0.3 is 9.88 Å². The van der Waals surface area contributed by atoms with Crippen LogP contribution in [0.5, 0.6) is 0 Å². The summed E-state index contributed by atoms with van der Waals surface area (Å²) in [4.78, 5) is 42.7. The molecule has 0 spiro atoms. The second kappa shape index (κ2) is 8.59. The molecule has 30 heavy (non-hydrogen) atoms. The van der Waals surface area contributed by atoms with E-state index in [0.717, 1.165) is 17.4 Å². The summed E-state index contributed by atoms with van der Waals surface area (Å²) < 4.78 is 4.19. The zero-order chi connectivity index (χ0) is 21.3. The van der Waals surface area contributed by atoms with Gasteiger partial charge in [-0.3, -0.25) is 18.7 Å². The van der Waals surface area contributed by atoms with Crippen molar-refractivity contribution >= 4 is 28.4 Å². The standard InChI is InChI=1S/C21H27N5O3S/c1-24-19-18(20(28)25(2)21(24)29)26(13-22-19)11-5-10-16(27)23-17(14-7-3-4-8-14)15-9-6-12-30-15/h6,9,12-14,17H,3-5,7-8,10-11H2,1-2H3,(H,23,27)/t17-/m0/s1. The van der Waals surface area contributed by atoms with E-state index in [2.05, 4.69) is 21.7 Å². The van der Waals surface area contributed by atoms with Crippen molar-refractivity contribution in [1.29, 1.82) is 0 Å². The van der Waals surface area contributed by atoms with Crippen molar-refractivity contribution in [3.05, 3.63) is 49.6 Å². The van der Waals surface area contributed by atoms with Gasteiger partial charge in [-0.25, -0.2) is 9.78 Å². The number of rotatable bonds is 7. The van der Waals surface area contributed by atoms with Gasteiger partial charge in [-0.2, -0.15) is 0 Å². The van der Waals surface area contributed by atoms with Crippen LogP contribution in [-0.4, -0.2) is 24.6 Å². The van der Waals surface area contributed by atoms with Crippen LogP contribution < -0.4 is 16.6 Å². The lowest BCUT2D eigenvalue weighted by Gasteiger charge is -2.24. The molecule has 9 heteroatoms. The summed E-state index contributed by atoms with van der Waals surface area (Å²) in [6, 6.07) is 4.23. The predicted octanol–water partition coefficient (Wildman–Crippen LogP) is 2.32. The molecule has 0 bridgehead atoms. The summed E-state index contributed by atoms with van der Waals surface area (Å²) in [6.07, 6.45) is 7.31. The number of aromatic nitrogens is 4. The Bertz CT molecular complexity index is 1150. The maximum atomic E-state index is 12.7. The first-order valence-electron chi connectivity index (χ1n) is 10.4. The van der Waals surface area contributed by atoms with Crippen molar-refractivity contribution < 1.29 is 4.79 Å². The van der Waals surface area contributed by atoms with E-state index in [1.807, 2.05) is 6.07 Å². The quantitative estimate of drug-likeness (QED) is 0.624. The second-order valence-corrected chi connectivity index (χ2v) is 9.00. The fourth-order valence-electron chi connectivity index (χ4n) is 4.40. The van der Waals surface area contributed by atoms with E-state index in [9.17, 15) is 14.4 Å². The fraction of sp³-hybridized carbons (Fsp3) is 0.524. The van der Waals surface area contributed by atoms with Gasteiger partial charge in [0.05, 0.1) is 12.4 Å². The highest BCUT2D eigenvalue weighted by atomic mass is 32.1. The Morgan fingerprint density at radius 3 is 2.73 bits per heavy atom. The summed E-state index contributed by atoms with van der Waals surface area (Å²) in [6.45, 7) is 0.491. The summed E-state index contributed by atoms with van der Waals surface area (Å²) in [5, 5.41) is 5.31. The van der Waals surface area contributed by atoms with Crippen molar-refractivity contribution in [3.8, 4) is 0 Å². The maximum Gasteiger partial charge on any atom is 0.332 e. The number of nitrogens with zero attached hydrogens (tertiary/aromatic N) is 4. The van der Waals surface area contributed by atoms with Gasteiger partial charge in [-0.1, -0.05) is 18.9 Å². The lowest BCUT2D eigenvalue weighted by Crippen LogP contribution is -2.37. The Balaban J connectivity index is 1.42. The van der Waals surface area contributed by atoms with Gasteiger partial charge >= 0.3 is 5.69 Å². The number of imidazole rings is 1. The summed E-state index contributed by atoms with van der Waals surface area (Å²) in [7, 11) is 3.06. The van der Waals surface area contributed by atoms with Gasteiger partial charge in [-0.05, 0) is 36.6 Å². The van der Waals surface area contributed by atoms with E-state index >= 15 is 0 Å². The van der Waals surface area contributed by atoms with Crippen LogP contribution >= 0.6 is 11.3 Å². The van der Waals surface area contributed by atoms with Crippen LogP contribution in [0.15, 0.2) is 33.4 Å². The average Bonchev–Trinajstić information content (AvgIpc) is 3.50. The smallest absolute Gasteiger partial charge is 0.332 e. The number of amides is 1. The molecule has 3 aromatic heterocycles. The minimum Gasteiger partial charge on any atom is -0.348 e. The van der Waals surface area contributed by atoms with E-state index < -0.39 is 5.69 Å². The molecule has 3 aromatic rings. The van der Waals surface area contributed by atoms with Gasteiger partial charge in [0.2, 0.25) is 5.91 Å². The Morgan fingerprint density at radius 2 is 2.03 bits per heavy atom. The minimum atomic E-state index is -0.399. The first-order valence-corrected chi connectivity index (χ1v) is 11.3. The number of hydrogen-bond acceptors (Lipinski definition) is 5. The Labute approximate surface area is 178 Å². The molecule has 4 rings (SSSR count). The number of carbonyl (C=O) groups excluding carboxylic acids is 1. The highest BCUT2D eigenvalue weighted by Gasteiger charge is 2.28. The molecule has 8 nitrogen and oxygen atoms in total. The number of hydrogen-bond donors (Lipinski definition) is 1. The molecule has 1 amide bonds. The number of thiophene rings is 1. The van der Waals surface area contributed by atoms with Crippen molar-refractivity contribution in [2.45, 2.75) is 51.1 Å². The van der Waals surface area contributed by atoms with E-state index in [-0.39, 0.29) is 17.5 Å². The Hall–Kier alpha value is -2.68. The van der Waals surface area contributed by atoms with Gasteiger partial charge in [-0.15, -0.1) is 11.3 Å². The van der Waals surface area contributed by atoms with Crippen molar-refractivity contribution in [3.63, 3.8) is 0 Å². The third-order valence-electron chi connectivity index (χ3n) is 6.06. The molecule has 1 aliphatic rings. The lowest BCUT2D eigenvalue weighted by molar-refractivity contribution is -0.122. The largest absolute Gasteiger partial charge is 0.348 e. The van der Waals surface area contributed by atoms with Crippen molar-refractivity contribution in [2.75, 3.05) is 0 Å². The van der Waals surface area contributed by atoms with Gasteiger partial charge in [0, 0.05) is 31.9 Å². The van der Waals surface area contributed by atoms with Gasteiger partial charge in [0.15, 0.2) is 11.2 Å². The number of fused-ring (bicyclic) bond motifs is 1. The van der Waals surface area contributed by atoms with E-state index in [1.54, 1.807) is 29.3 Å². The van der Waals surface area contributed by atoms with E-state index in [1.165, 1.54) is 29.3 Å². The second-order valence-electron chi connectivity index (χ2n) is 8.02.